The normalized spacial score (nSPS) is 11.3. The van der Waals surface area contributed by atoms with Crippen molar-refractivity contribution in [2.45, 2.75) is 6.92 Å². The lowest BCUT2D eigenvalue weighted by molar-refractivity contribution is -0.134. The molecule has 0 aliphatic heterocycles. The number of carbonyl (C=O) groups is 2. The summed E-state index contributed by atoms with van der Waals surface area (Å²) in [5.74, 6) is -0.433. The number of aliphatic carboxylic acids is 2. The third-order valence-electron chi connectivity index (χ3n) is 2.51. The summed E-state index contributed by atoms with van der Waals surface area (Å²) in [5, 5.41) is 18.7. The molecule has 7 nitrogen and oxygen atoms in total. The second-order valence-corrected chi connectivity index (χ2v) is 4.63. The quantitative estimate of drug-likeness (QED) is 0.624. The Morgan fingerprint density at radius 2 is 1.70 bits per heavy atom. The van der Waals surface area contributed by atoms with Crippen LogP contribution in [0.2, 0.25) is 0 Å². The van der Waals surface area contributed by atoms with E-state index in [1.165, 1.54) is 0 Å². The Balaban J connectivity index is 0.000000515. The van der Waals surface area contributed by atoms with Gasteiger partial charge in [-0.2, -0.15) is 0 Å². The van der Waals surface area contributed by atoms with Gasteiger partial charge in [0.05, 0.1) is 13.7 Å². The van der Waals surface area contributed by atoms with Gasteiger partial charge in [-0.25, -0.2) is 9.59 Å². The summed E-state index contributed by atoms with van der Waals surface area (Å²) in [5.41, 5.74) is 0. The van der Waals surface area contributed by atoms with E-state index in [1.54, 1.807) is 7.11 Å². The first-order valence-electron chi connectivity index (χ1n) is 6.95. The van der Waals surface area contributed by atoms with Crippen molar-refractivity contribution in [3.05, 3.63) is 36.4 Å². The fraction of sp³-hybridized carbons (Fsp3) is 0.375. The first kappa shape index (κ1) is 20.5. The summed E-state index contributed by atoms with van der Waals surface area (Å²) in [6.45, 7) is 3.79. The molecular formula is C16H23NO6. The molecule has 23 heavy (non-hydrogen) atoms. The van der Waals surface area contributed by atoms with Crippen LogP contribution < -0.4 is 14.8 Å². The van der Waals surface area contributed by atoms with E-state index >= 15 is 0 Å². The van der Waals surface area contributed by atoms with Crippen molar-refractivity contribution in [1.82, 2.24) is 5.32 Å². The van der Waals surface area contributed by atoms with Crippen molar-refractivity contribution in [1.29, 1.82) is 0 Å². The molecule has 0 aliphatic carbocycles. The molecule has 0 bridgehead atoms. The predicted octanol–water partition coefficient (Wildman–Crippen LogP) is 1.64. The van der Waals surface area contributed by atoms with Crippen molar-refractivity contribution in [2.75, 3.05) is 27.3 Å². The number of benzene rings is 1. The van der Waals surface area contributed by atoms with Gasteiger partial charge in [-0.05, 0) is 19.2 Å². The molecule has 0 radical (unpaired) electrons. The average Bonchev–Trinajstić information content (AvgIpc) is 2.52. The molecule has 1 aromatic carbocycles. The van der Waals surface area contributed by atoms with Crippen LogP contribution in [0.4, 0.5) is 0 Å². The Morgan fingerprint density at radius 1 is 1.17 bits per heavy atom. The number of ether oxygens (including phenoxy) is 2. The van der Waals surface area contributed by atoms with Crippen molar-refractivity contribution >= 4 is 11.9 Å². The van der Waals surface area contributed by atoms with E-state index in [4.69, 9.17) is 19.7 Å². The molecular weight excluding hydrogens is 302 g/mol. The van der Waals surface area contributed by atoms with Crippen LogP contribution in [-0.4, -0.2) is 49.5 Å². The zero-order chi connectivity index (χ0) is 17.7. The van der Waals surface area contributed by atoms with Gasteiger partial charge < -0.3 is 25.0 Å². The molecule has 3 N–H and O–H groups in total. The van der Waals surface area contributed by atoms with E-state index in [0.717, 1.165) is 18.0 Å². The maximum absolute atomic E-state index is 9.55. The molecule has 128 valence electrons. The molecule has 7 heteroatoms. The highest BCUT2D eigenvalue weighted by Crippen LogP contribution is 2.25. The van der Waals surface area contributed by atoms with Gasteiger partial charge in [0.1, 0.15) is 0 Å². The zero-order valence-corrected chi connectivity index (χ0v) is 13.5. The minimum atomic E-state index is -1.26. The van der Waals surface area contributed by atoms with E-state index < -0.39 is 11.9 Å². The van der Waals surface area contributed by atoms with E-state index in [1.807, 2.05) is 31.3 Å². The van der Waals surface area contributed by atoms with Gasteiger partial charge in [0, 0.05) is 24.6 Å². The van der Waals surface area contributed by atoms with Crippen molar-refractivity contribution < 1.29 is 29.3 Å². The highest BCUT2D eigenvalue weighted by atomic mass is 16.5. The second kappa shape index (κ2) is 12.0. The zero-order valence-electron chi connectivity index (χ0n) is 13.5. The van der Waals surface area contributed by atoms with Crippen LogP contribution in [-0.2, 0) is 9.59 Å². The number of methoxy groups -OCH3 is 1. The fourth-order valence-corrected chi connectivity index (χ4v) is 1.52. The number of carboxylic acid groups (broad SMARTS) is 2. The molecule has 0 aromatic heterocycles. The first-order valence-corrected chi connectivity index (χ1v) is 6.95. The predicted molar refractivity (Wildman–Crippen MR) is 86.0 cm³/mol. The monoisotopic (exact) mass is 325 g/mol. The van der Waals surface area contributed by atoms with Gasteiger partial charge >= 0.3 is 11.9 Å². The molecule has 0 saturated carbocycles. The van der Waals surface area contributed by atoms with Crippen LogP contribution in [0.1, 0.15) is 6.92 Å². The molecule has 0 fully saturated rings. The Morgan fingerprint density at radius 3 is 2.13 bits per heavy atom. The lowest BCUT2D eigenvalue weighted by atomic mass is 10.2. The summed E-state index contributed by atoms with van der Waals surface area (Å²) < 4.78 is 10.9. The summed E-state index contributed by atoms with van der Waals surface area (Å²) in [4.78, 5) is 19.1. The van der Waals surface area contributed by atoms with E-state index in [0.29, 0.717) is 24.7 Å². The summed E-state index contributed by atoms with van der Waals surface area (Å²) in [6, 6.07) is 7.70. The van der Waals surface area contributed by atoms with Crippen molar-refractivity contribution in [3.63, 3.8) is 0 Å². The van der Waals surface area contributed by atoms with Gasteiger partial charge in [0.25, 0.3) is 0 Å². The third kappa shape index (κ3) is 10.8. The van der Waals surface area contributed by atoms with Crippen LogP contribution in [0, 0.1) is 5.92 Å². The minimum absolute atomic E-state index is 0.486. The molecule has 1 aromatic rings. The Bertz CT molecular complexity index is 499. The van der Waals surface area contributed by atoms with Crippen LogP contribution in [0.25, 0.3) is 0 Å². The molecule has 0 amide bonds. The maximum Gasteiger partial charge on any atom is 0.328 e. The van der Waals surface area contributed by atoms with Gasteiger partial charge in [-0.15, -0.1) is 0 Å². The van der Waals surface area contributed by atoms with Gasteiger partial charge in [0.2, 0.25) is 0 Å². The molecule has 0 saturated heterocycles. The van der Waals surface area contributed by atoms with Gasteiger partial charge in [-0.1, -0.05) is 19.1 Å². The third-order valence-corrected chi connectivity index (χ3v) is 2.51. The summed E-state index contributed by atoms with van der Waals surface area (Å²) >= 11 is 0. The number of carboxylic acids is 2. The molecule has 1 unspecified atom stereocenters. The topological polar surface area (TPSA) is 105 Å². The lowest BCUT2D eigenvalue weighted by Crippen LogP contribution is -2.21. The van der Waals surface area contributed by atoms with Crippen LogP contribution in [0.5, 0.6) is 11.5 Å². The molecule has 0 heterocycles. The highest BCUT2D eigenvalue weighted by molar-refractivity contribution is 5.89. The van der Waals surface area contributed by atoms with Crippen LogP contribution >= 0.6 is 0 Å². The van der Waals surface area contributed by atoms with Crippen LogP contribution in [0.3, 0.4) is 0 Å². The number of para-hydroxylation sites is 2. The van der Waals surface area contributed by atoms with Gasteiger partial charge in [-0.3, -0.25) is 0 Å². The highest BCUT2D eigenvalue weighted by Gasteiger charge is 2.05. The lowest BCUT2D eigenvalue weighted by Gasteiger charge is -2.14. The Labute approximate surface area is 135 Å². The van der Waals surface area contributed by atoms with Crippen molar-refractivity contribution in [2.24, 2.45) is 5.92 Å². The largest absolute Gasteiger partial charge is 0.493 e. The molecule has 1 rings (SSSR count). The molecule has 0 spiro atoms. The van der Waals surface area contributed by atoms with E-state index in [-0.39, 0.29) is 0 Å². The maximum atomic E-state index is 9.55. The Kier molecular flexibility index (Phi) is 10.7. The number of hydrogen-bond donors (Lipinski definition) is 3. The second-order valence-electron chi connectivity index (χ2n) is 4.63. The standard InChI is InChI=1S/C12H19NO2.C4H4O4/c1-10(8-13-2)9-15-12-7-5-4-6-11(12)14-3;5-3(6)1-2-4(7)8/h4-7,10,13H,8-9H2,1-3H3;1-2H,(H,5,6)(H,7,8)/b;2-1-. The summed E-state index contributed by atoms with van der Waals surface area (Å²) in [7, 11) is 3.60. The molecule has 1 atom stereocenters. The molecule has 0 aliphatic rings. The fourth-order valence-electron chi connectivity index (χ4n) is 1.52. The first-order chi connectivity index (χ1) is 10.9. The van der Waals surface area contributed by atoms with Crippen molar-refractivity contribution in [3.8, 4) is 11.5 Å². The number of nitrogens with one attached hydrogen (secondary N) is 1. The Hall–Kier alpha value is -2.54. The SMILES string of the molecule is CNCC(C)COc1ccccc1OC.O=C(O)/C=C\C(=O)O. The minimum Gasteiger partial charge on any atom is -0.493 e. The van der Waals surface area contributed by atoms with Gasteiger partial charge in [0.15, 0.2) is 11.5 Å². The van der Waals surface area contributed by atoms with E-state index in [9.17, 15) is 9.59 Å². The number of rotatable bonds is 8. The van der Waals surface area contributed by atoms with Crippen LogP contribution in [0.15, 0.2) is 36.4 Å². The smallest absolute Gasteiger partial charge is 0.328 e. The average molecular weight is 325 g/mol. The number of hydrogen-bond acceptors (Lipinski definition) is 5. The summed E-state index contributed by atoms with van der Waals surface area (Å²) in [6.07, 6.45) is 1.12. The van der Waals surface area contributed by atoms with E-state index in [2.05, 4.69) is 12.2 Å².